The average Bonchev–Trinajstić information content (AvgIpc) is 2.84. The number of ether oxygens (including phenoxy) is 2. The summed E-state index contributed by atoms with van der Waals surface area (Å²) >= 11 is 1.27. The number of nitrogens with zero attached hydrogens (tertiary/aromatic N) is 3. The zero-order chi connectivity index (χ0) is 15.7. The molecule has 3 heterocycles. The Morgan fingerprint density at radius 3 is 2.77 bits per heavy atom. The number of esters is 1. The van der Waals surface area contributed by atoms with Gasteiger partial charge >= 0.3 is 5.97 Å². The Morgan fingerprint density at radius 2 is 2.09 bits per heavy atom. The van der Waals surface area contributed by atoms with Crippen LogP contribution in [-0.2, 0) is 4.74 Å². The Balaban J connectivity index is 2.17. The fourth-order valence-electron chi connectivity index (χ4n) is 2.08. The lowest BCUT2D eigenvalue weighted by Crippen LogP contribution is -2.00. The third kappa shape index (κ3) is 2.50. The van der Waals surface area contributed by atoms with Crippen molar-refractivity contribution in [2.45, 2.75) is 13.8 Å². The van der Waals surface area contributed by atoms with Crippen LogP contribution in [0.2, 0.25) is 0 Å². The van der Waals surface area contributed by atoms with Gasteiger partial charge in [-0.1, -0.05) is 0 Å². The summed E-state index contributed by atoms with van der Waals surface area (Å²) in [6, 6.07) is 3.57. The van der Waals surface area contributed by atoms with Crippen molar-refractivity contribution in [3.63, 3.8) is 0 Å². The Hall–Kier alpha value is -2.54. The van der Waals surface area contributed by atoms with Crippen LogP contribution in [0.3, 0.4) is 0 Å². The standard InChI is InChI=1S/C15H13N3O3S/c1-8-11-13(21-10-5-4-6-16-7-10)17-9(2)18-14(11)22-12(8)15(19)20-3/h4-7H,1-3H3. The summed E-state index contributed by atoms with van der Waals surface area (Å²) < 4.78 is 10.6. The first-order valence-electron chi connectivity index (χ1n) is 6.54. The molecule has 6 nitrogen and oxygen atoms in total. The van der Waals surface area contributed by atoms with Gasteiger partial charge in [0.05, 0.1) is 18.7 Å². The summed E-state index contributed by atoms with van der Waals surface area (Å²) in [5.41, 5.74) is 0.755. The molecule has 3 rings (SSSR count). The highest BCUT2D eigenvalue weighted by Gasteiger charge is 2.21. The van der Waals surface area contributed by atoms with Gasteiger partial charge in [-0.15, -0.1) is 11.3 Å². The molecule has 0 fully saturated rings. The van der Waals surface area contributed by atoms with E-state index in [1.807, 2.05) is 6.92 Å². The molecule has 112 valence electrons. The molecule has 0 amide bonds. The summed E-state index contributed by atoms with van der Waals surface area (Å²) in [7, 11) is 1.36. The van der Waals surface area contributed by atoms with Gasteiger partial charge in [0.15, 0.2) is 0 Å². The normalized spacial score (nSPS) is 10.7. The monoisotopic (exact) mass is 315 g/mol. The van der Waals surface area contributed by atoms with Crippen LogP contribution in [0.15, 0.2) is 24.5 Å². The first-order valence-corrected chi connectivity index (χ1v) is 7.35. The summed E-state index contributed by atoms with van der Waals surface area (Å²) in [5, 5.41) is 0.722. The van der Waals surface area contributed by atoms with Crippen molar-refractivity contribution in [1.82, 2.24) is 15.0 Å². The third-order valence-electron chi connectivity index (χ3n) is 3.09. The number of carbonyl (C=O) groups excluding carboxylic acids is 1. The molecule has 0 aromatic carbocycles. The number of methoxy groups -OCH3 is 1. The molecule has 22 heavy (non-hydrogen) atoms. The quantitative estimate of drug-likeness (QED) is 0.691. The number of carbonyl (C=O) groups is 1. The highest BCUT2D eigenvalue weighted by Crippen LogP contribution is 2.36. The van der Waals surface area contributed by atoms with E-state index in [9.17, 15) is 4.79 Å². The van der Waals surface area contributed by atoms with Crippen LogP contribution >= 0.6 is 11.3 Å². The van der Waals surface area contributed by atoms with E-state index < -0.39 is 0 Å². The minimum absolute atomic E-state index is 0.384. The Morgan fingerprint density at radius 1 is 1.27 bits per heavy atom. The number of fused-ring (bicyclic) bond motifs is 1. The van der Waals surface area contributed by atoms with Gasteiger partial charge in [-0.25, -0.2) is 9.78 Å². The molecule has 0 aliphatic carbocycles. The molecule has 0 saturated heterocycles. The van der Waals surface area contributed by atoms with Crippen LogP contribution in [0, 0.1) is 13.8 Å². The van der Waals surface area contributed by atoms with E-state index in [4.69, 9.17) is 9.47 Å². The first kappa shape index (κ1) is 14.4. The molecule has 0 aliphatic heterocycles. The lowest BCUT2D eigenvalue weighted by molar-refractivity contribution is 0.0605. The molecule has 0 spiro atoms. The van der Waals surface area contributed by atoms with Gasteiger partial charge in [-0.05, 0) is 31.5 Å². The maximum atomic E-state index is 11.8. The van der Waals surface area contributed by atoms with E-state index in [2.05, 4.69) is 15.0 Å². The Kier molecular flexibility index (Phi) is 3.72. The van der Waals surface area contributed by atoms with E-state index in [1.54, 1.807) is 31.5 Å². The van der Waals surface area contributed by atoms with Gasteiger partial charge in [0.2, 0.25) is 5.88 Å². The summed E-state index contributed by atoms with van der Waals surface area (Å²) in [6.07, 6.45) is 3.27. The molecule has 0 bridgehead atoms. The van der Waals surface area contributed by atoms with Gasteiger partial charge in [-0.3, -0.25) is 4.98 Å². The number of thiophene rings is 1. The number of aromatic nitrogens is 3. The molecular weight excluding hydrogens is 302 g/mol. The van der Waals surface area contributed by atoms with Crippen molar-refractivity contribution in [3.05, 3.63) is 40.8 Å². The van der Waals surface area contributed by atoms with E-state index in [0.29, 0.717) is 27.2 Å². The van der Waals surface area contributed by atoms with Crippen molar-refractivity contribution in [1.29, 1.82) is 0 Å². The Bertz CT molecular complexity index is 846. The average molecular weight is 315 g/mol. The van der Waals surface area contributed by atoms with Gasteiger partial charge in [0.1, 0.15) is 21.3 Å². The zero-order valence-electron chi connectivity index (χ0n) is 12.3. The van der Waals surface area contributed by atoms with E-state index in [0.717, 1.165) is 10.9 Å². The van der Waals surface area contributed by atoms with E-state index in [1.165, 1.54) is 18.4 Å². The highest BCUT2D eigenvalue weighted by atomic mass is 32.1. The van der Waals surface area contributed by atoms with Crippen molar-refractivity contribution < 1.29 is 14.3 Å². The molecule has 0 saturated carbocycles. The lowest BCUT2D eigenvalue weighted by atomic mass is 10.2. The van der Waals surface area contributed by atoms with Crippen LogP contribution in [-0.4, -0.2) is 28.0 Å². The molecule has 0 aliphatic rings. The number of hydrogen-bond donors (Lipinski definition) is 0. The molecular formula is C15H13N3O3S. The van der Waals surface area contributed by atoms with Crippen LogP contribution < -0.4 is 4.74 Å². The number of aryl methyl sites for hydroxylation is 2. The Labute approximate surface area is 130 Å². The second-order valence-electron chi connectivity index (χ2n) is 4.59. The predicted octanol–water partition coefficient (Wildman–Crippen LogP) is 3.28. The summed E-state index contributed by atoms with van der Waals surface area (Å²) in [5.74, 6) is 1.18. The largest absolute Gasteiger partial charge is 0.465 e. The maximum absolute atomic E-state index is 11.8. The molecule has 7 heteroatoms. The van der Waals surface area contributed by atoms with E-state index >= 15 is 0 Å². The van der Waals surface area contributed by atoms with Gasteiger partial charge in [0, 0.05) is 6.20 Å². The van der Waals surface area contributed by atoms with Crippen molar-refractivity contribution in [3.8, 4) is 11.6 Å². The van der Waals surface area contributed by atoms with Gasteiger partial charge in [0.25, 0.3) is 0 Å². The minimum atomic E-state index is -0.384. The molecule has 3 aromatic heterocycles. The van der Waals surface area contributed by atoms with Crippen molar-refractivity contribution in [2.24, 2.45) is 0 Å². The predicted molar refractivity (Wildman–Crippen MR) is 82.5 cm³/mol. The highest BCUT2D eigenvalue weighted by molar-refractivity contribution is 7.20. The van der Waals surface area contributed by atoms with Crippen molar-refractivity contribution >= 4 is 27.5 Å². The third-order valence-corrected chi connectivity index (χ3v) is 4.25. The smallest absolute Gasteiger partial charge is 0.348 e. The molecule has 3 aromatic rings. The summed E-state index contributed by atoms with van der Waals surface area (Å²) in [4.78, 5) is 25.8. The van der Waals surface area contributed by atoms with Crippen molar-refractivity contribution in [2.75, 3.05) is 7.11 Å². The topological polar surface area (TPSA) is 74.2 Å². The fourth-order valence-corrected chi connectivity index (χ4v) is 3.22. The van der Waals surface area contributed by atoms with Crippen LogP contribution in [0.5, 0.6) is 11.6 Å². The fraction of sp³-hybridized carbons (Fsp3) is 0.200. The minimum Gasteiger partial charge on any atom is -0.465 e. The number of hydrogen-bond acceptors (Lipinski definition) is 7. The number of pyridine rings is 1. The van der Waals surface area contributed by atoms with Crippen LogP contribution in [0.1, 0.15) is 21.1 Å². The molecule has 0 unspecified atom stereocenters. The number of rotatable bonds is 3. The van der Waals surface area contributed by atoms with Gasteiger partial charge < -0.3 is 9.47 Å². The lowest BCUT2D eigenvalue weighted by Gasteiger charge is -2.06. The SMILES string of the molecule is COC(=O)c1sc2nc(C)nc(Oc3cccnc3)c2c1C. The van der Waals surface area contributed by atoms with Crippen LogP contribution in [0.25, 0.3) is 10.2 Å². The summed E-state index contributed by atoms with van der Waals surface area (Å²) in [6.45, 7) is 3.61. The molecule has 0 N–H and O–H groups in total. The van der Waals surface area contributed by atoms with E-state index in [-0.39, 0.29) is 5.97 Å². The maximum Gasteiger partial charge on any atom is 0.348 e. The second kappa shape index (κ2) is 5.69. The zero-order valence-corrected chi connectivity index (χ0v) is 13.1. The molecule has 0 radical (unpaired) electrons. The van der Waals surface area contributed by atoms with Crippen LogP contribution in [0.4, 0.5) is 0 Å². The molecule has 0 atom stereocenters. The van der Waals surface area contributed by atoms with Gasteiger partial charge in [-0.2, -0.15) is 4.98 Å². The first-order chi connectivity index (χ1) is 10.6. The second-order valence-corrected chi connectivity index (χ2v) is 5.59.